The van der Waals surface area contributed by atoms with Gasteiger partial charge in [-0.3, -0.25) is 0 Å². The van der Waals surface area contributed by atoms with Crippen LogP contribution in [0, 0.1) is 0 Å². The van der Waals surface area contributed by atoms with Gasteiger partial charge in [0.2, 0.25) is 0 Å². The van der Waals surface area contributed by atoms with Crippen molar-refractivity contribution >= 4 is 15.9 Å². The maximum atomic E-state index is 9.90. The zero-order valence-corrected chi connectivity index (χ0v) is 10.7. The SMILES string of the molecule is COc1cc(Br)cc(CCC2(O)CC2)c1O. The number of halogens is 1. The van der Waals surface area contributed by atoms with Crippen molar-refractivity contribution < 1.29 is 14.9 Å². The highest BCUT2D eigenvalue weighted by Crippen LogP contribution is 2.41. The van der Waals surface area contributed by atoms with Gasteiger partial charge in [-0.1, -0.05) is 15.9 Å². The van der Waals surface area contributed by atoms with Crippen molar-refractivity contribution in [3.8, 4) is 11.5 Å². The summed E-state index contributed by atoms with van der Waals surface area (Å²) < 4.78 is 5.95. The van der Waals surface area contributed by atoms with Crippen molar-refractivity contribution in [2.75, 3.05) is 7.11 Å². The first-order chi connectivity index (χ1) is 7.54. The molecular weight excluding hydrogens is 272 g/mol. The van der Waals surface area contributed by atoms with E-state index < -0.39 is 5.60 Å². The highest BCUT2D eigenvalue weighted by molar-refractivity contribution is 9.10. The van der Waals surface area contributed by atoms with Crippen LogP contribution in [-0.2, 0) is 6.42 Å². The maximum Gasteiger partial charge on any atom is 0.161 e. The third-order valence-electron chi connectivity index (χ3n) is 3.03. The van der Waals surface area contributed by atoms with E-state index in [2.05, 4.69) is 15.9 Å². The summed E-state index contributed by atoms with van der Waals surface area (Å²) in [6.45, 7) is 0. The standard InChI is InChI=1S/C12H15BrO3/c1-16-10-7-9(13)6-8(11(10)14)2-3-12(15)4-5-12/h6-7,14-15H,2-5H2,1H3. The van der Waals surface area contributed by atoms with Gasteiger partial charge in [0, 0.05) is 4.47 Å². The predicted octanol–water partition coefficient (Wildman–Crippen LogP) is 2.62. The van der Waals surface area contributed by atoms with Crippen molar-refractivity contribution in [2.45, 2.75) is 31.3 Å². The lowest BCUT2D eigenvalue weighted by Gasteiger charge is -2.12. The van der Waals surface area contributed by atoms with Crippen LogP contribution in [0.2, 0.25) is 0 Å². The lowest BCUT2D eigenvalue weighted by molar-refractivity contribution is 0.140. The number of aromatic hydroxyl groups is 1. The second-order valence-corrected chi connectivity index (χ2v) is 5.26. The number of rotatable bonds is 4. The third kappa shape index (κ3) is 2.50. The first-order valence-corrected chi connectivity index (χ1v) is 6.11. The topological polar surface area (TPSA) is 49.7 Å². The van der Waals surface area contributed by atoms with Gasteiger partial charge >= 0.3 is 0 Å². The van der Waals surface area contributed by atoms with Gasteiger partial charge in [-0.25, -0.2) is 0 Å². The Morgan fingerprint density at radius 2 is 2.12 bits per heavy atom. The van der Waals surface area contributed by atoms with E-state index >= 15 is 0 Å². The van der Waals surface area contributed by atoms with Crippen molar-refractivity contribution in [2.24, 2.45) is 0 Å². The van der Waals surface area contributed by atoms with Gasteiger partial charge in [-0.2, -0.15) is 0 Å². The van der Waals surface area contributed by atoms with E-state index in [1.54, 1.807) is 6.07 Å². The fraction of sp³-hybridized carbons (Fsp3) is 0.500. The molecule has 88 valence electrons. The first kappa shape index (κ1) is 11.7. The van der Waals surface area contributed by atoms with Gasteiger partial charge in [-0.05, 0) is 43.4 Å². The zero-order chi connectivity index (χ0) is 11.8. The van der Waals surface area contributed by atoms with E-state index in [4.69, 9.17) is 4.74 Å². The molecule has 2 rings (SSSR count). The number of phenols is 1. The molecule has 1 aromatic rings. The number of benzene rings is 1. The molecule has 2 N–H and O–H groups in total. The van der Waals surface area contributed by atoms with E-state index in [-0.39, 0.29) is 5.75 Å². The normalized spacial score (nSPS) is 17.2. The number of hydrogen-bond acceptors (Lipinski definition) is 3. The smallest absolute Gasteiger partial charge is 0.161 e. The van der Waals surface area contributed by atoms with Crippen molar-refractivity contribution in [3.05, 3.63) is 22.2 Å². The van der Waals surface area contributed by atoms with Gasteiger partial charge in [0.05, 0.1) is 12.7 Å². The lowest BCUT2D eigenvalue weighted by atomic mass is 10.0. The van der Waals surface area contributed by atoms with Crippen LogP contribution in [0.25, 0.3) is 0 Å². The third-order valence-corrected chi connectivity index (χ3v) is 3.48. The molecule has 0 atom stereocenters. The van der Waals surface area contributed by atoms with Crippen LogP contribution < -0.4 is 4.74 Å². The molecule has 0 aliphatic heterocycles. The van der Waals surface area contributed by atoms with Crippen LogP contribution in [0.5, 0.6) is 11.5 Å². The molecular formula is C12H15BrO3. The summed E-state index contributed by atoms with van der Waals surface area (Å²) in [7, 11) is 1.53. The average Bonchev–Trinajstić information content (AvgIpc) is 2.98. The molecule has 0 amide bonds. The molecule has 3 nitrogen and oxygen atoms in total. The summed E-state index contributed by atoms with van der Waals surface area (Å²) in [5.74, 6) is 0.641. The van der Waals surface area contributed by atoms with Crippen LogP contribution in [0.1, 0.15) is 24.8 Å². The van der Waals surface area contributed by atoms with Crippen molar-refractivity contribution in [3.63, 3.8) is 0 Å². The minimum atomic E-state index is -0.484. The summed E-state index contributed by atoms with van der Waals surface area (Å²) in [6, 6.07) is 3.59. The molecule has 1 fully saturated rings. The molecule has 1 aliphatic carbocycles. The second-order valence-electron chi connectivity index (χ2n) is 4.34. The molecule has 1 aromatic carbocycles. The molecule has 0 unspecified atom stereocenters. The van der Waals surface area contributed by atoms with E-state index in [1.165, 1.54) is 7.11 Å². The highest BCUT2D eigenvalue weighted by atomic mass is 79.9. The Morgan fingerprint density at radius 3 is 2.69 bits per heavy atom. The highest BCUT2D eigenvalue weighted by Gasteiger charge is 2.39. The number of ether oxygens (including phenoxy) is 1. The Kier molecular flexibility index (Phi) is 3.13. The summed E-state index contributed by atoms with van der Waals surface area (Å²) >= 11 is 3.37. The largest absolute Gasteiger partial charge is 0.504 e. The summed E-state index contributed by atoms with van der Waals surface area (Å²) in [5.41, 5.74) is 0.327. The molecule has 0 spiro atoms. The van der Waals surface area contributed by atoms with Crippen LogP contribution >= 0.6 is 15.9 Å². The maximum absolute atomic E-state index is 9.90. The monoisotopic (exact) mass is 286 g/mol. The van der Waals surface area contributed by atoms with Crippen molar-refractivity contribution in [1.82, 2.24) is 0 Å². The van der Waals surface area contributed by atoms with E-state index in [9.17, 15) is 10.2 Å². The summed E-state index contributed by atoms with van der Waals surface area (Å²) in [4.78, 5) is 0. The minimum Gasteiger partial charge on any atom is -0.504 e. The fourth-order valence-corrected chi connectivity index (χ4v) is 2.22. The lowest BCUT2D eigenvalue weighted by Crippen LogP contribution is -2.07. The van der Waals surface area contributed by atoms with Gasteiger partial charge in [-0.15, -0.1) is 0 Å². The van der Waals surface area contributed by atoms with Gasteiger partial charge in [0.1, 0.15) is 0 Å². The number of methoxy groups -OCH3 is 1. The van der Waals surface area contributed by atoms with Crippen LogP contribution in [0.4, 0.5) is 0 Å². The quantitative estimate of drug-likeness (QED) is 0.895. The Balaban J connectivity index is 2.15. The summed E-state index contributed by atoms with van der Waals surface area (Å²) in [6.07, 6.45) is 3.11. The van der Waals surface area contributed by atoms with Crippen LogP contribution in [0.15, 0.2) is 16.6 Å². The Bertz CT molecular complexity index is 399. The van der Waals surface area contributed by atoms with Gasteiger partial charge in [0.25, 0.3) is 0 Å². The molecule has 0 saturated heterocycles. The van der Waals surface area contributed by atoms with E-state index in [0.29, 0.717) is 18.6 Å². The predicted molar refractivity (Wildman–Crippen MR) is 64.9 cm³/mol. The molecule has 0 radical (unpaired) electrons. The molecule has 4 heteroatoms. The Hall–Kier alpha value is -0.740. The number of aliphatic hydroxyl groups is 1. The fourth-order valence-electron chi connectivity index (χ4n) is 1.74. The molecule has 16 heavy (non-hydrogen) atoms. The molecule has 0 heterocycles. The first-order valence-electron chi connectivity index (χ1n) is 5.32. The summed E-state index contributed by atoms with van der Waals surface area (Å²) in [5, 5.41) is 19.7. The Morgan fingerprint density at radius 1 is 1.44 bits per heavy atom. The van der Waals surface area contributed by atoms with E-state index in [0.717, 1.165) is 22.9 Å². The van der Waals surface area contributed by atoms with Crippen LogP contribution in [-0.4, -0.2) is 22.9 Å². The molecule has 1 saturated carbocycles. The second kappa shape index (κ2) is 4.26. The molecule has 0 bridgehead atoms. The Labute approximate surface area is 103 Å². The van der Waals surface area contributed by atoms with Gasteiger partial charge < -0.3 is 14.9 Å². The van der Waals surface area contributed by atoms with Gasteiger partial charge in [0.15, 0.2) is 11.5 Å². The zero-order valence-electron chi connectivity index (χ0n) is 9.16. The number of hydrogen-bond donors (Lipinski definition) is 2. The minimum absolute atomic E-state index is 0.176. The average molecular weight is 287 g/mol. The molecule has 0 aromatic heterocycles. The van der Waals surface area contributed by atoms with Crippen molar-refractivity contribution in [1.29, 1.82) is 0 Å². The molecule has 1 aliphatic rings. The number of phenolic OH excluding ortho intramolecular Hbond substituents is 1. The van der Waals surface area contributed by atoms with Crippen LogP contribution in [0.3, 0.4) is 0 Å². The van der Waals surface area contributed by atoms with E-state index in [1.807, 2.05) is 6.07 Å². The number of aryl methyl sites for hydroxylation is 1.